The Morgan fingerprint density at radius 1 is 1.39 bits per heavy atom. The molecule has 96 valence electrons. The minimum absolute atomic E-state index is 0.114. The second-order valence-electron chi connectivity index (χ2n) is 4.72. The van der Waals surface area contributed by atoms with Crippen LogP contribution < -0.4 is 0 Å². The highest BCUT2D eigenvalue weighted by atomic mass is 19.1. The molecule has 4 nitrogen and oxygen atoms in total. The highest BCUT2D eigenvalue weighted by molar-refractivity contribution is 5.29. The molecule has 0 amide bonds. The van der Waals surface area contributed by atoms with Crippen LogP contribution in [-0.4, -0.2) is 19.9 Å². The number of hydrogen-bond acceptors (Lipinski definition) is 3. The van der Waals surface area contributed by atoms with Gasteiger partial charge in [0, 0.05) is 24.0 Å². The van der Waals surface area contributed by atoms with Crippen LogP contribution in [0.3, 0.4) is 0 Å². The Kier molecular flexibility index (Phi) is 3.17. The molecule has 0 bridgehead atoms. The van der Waals surface area contributed by atoms with Crippen LogP contribution in [-0.2, 0) is 5.60 Å². The summed E-state index contributed by atoms with van der Waals surface area (Å²) in [5.74, 6) is -0.469. The molecule has 0 saturated heterocycles. The number of nitrogens with zero attached hydrogens (tertiary/aromatic N) is 3. The number of hydrogen-bond donors (Lipinski definition) is 1. The minimum Gasteiger partial charge on any atom is -0.379 e. The summed E-state index contributed by atoms with van der Waals surface area (Å²) in [6.07, 6.45) is 4.19. The van der Waals surface area contributed by atoms with E-state index in [4.69, 9.17) is 0 Å². The largest absolute Gasteiger partial charge is 0.379 e. The van der Waals surface area contributed by atoms with E-state index in [0.717, 1.165) is 6.20 Å². The van der Waals surface area contributed by atoms with Crippen molar-refractivity contribution in [1.29, 1.82) is 0 Å². The molecule has 0 saturated carbocycles. The van der Waals surface area contributed by atoms with Gasteiger partial charge in [-0.2, -0.15) is 5.10 Å². The van der Waals surface area contributed by atoms with Crippen LogP contribution in [0.2, 0.25) is 0 Å². The zero-order chi connectivity index (χ0) is 13.3. The van der Waals surface area contributed by atoms with E-state index in [9.17, 15) is 9.50 Å². The summed E-state index contributed by atoms with van der Waals surface area (Å²) in [5, 5.41) is 14.8. The van der Waals surface area contributed by atoms with Crippen molar-refractivity contribution in [3.63, 3.8) is 0 Å². The molecule has 0 fully saturated rings. The van der Waals surface area contributed by atoms with Crippen molar-refractivity contribution in [3.05, 3.63) is 47.8 Å². The van der Waals surface area contributed by atoms with Crippen molar-refractivity contribution in [2.24, 2.45) is 0 Å². The highest BCUT2D eigenvalue weighted by Crippen LogP contribution is 2.30. The molecule has 1 N–H and O–H groups in total. The third-order valence-corrected chi connectivity index (χ3v) is 2.93. The molecule has 2 aromatic heterocycles. The number of rotatable bonds is 3. The lowest BCUT2D eigenvalue weighted by molar-refractivity contribution is 0.0892. The fourth-order valence-corrected chi connectivity index (χ4v) is 1.94. The zero-order valence-electron chi connectivity index (χ0n) is 10.6. The van der Waals surface area contributed by atoms with E-state index in [1.807, 2.05) is 13.8 Å². The fraction of sp³-hybridized carbons (Fsp3) is 0.385. The van der Waals surface area contributed by atoms with E-state index in [2.05, 4.69) is 10.1 Å². The maximum atomic E-state index is 13.2. The molecule has 1 unspecified atom stereocenters. The molecule has 0 radical (unpaired) electrons. The maximum absolute atomic E-state index is 13.2. The van der Waals surface area contributed by atoms with Crippen molar-refractivity contribution in [3.8, 4) is 0 Å². The van der Waals surface area contributed by atoms with Gasteiger partial charge in [0.05, 0.1) is 11.9 Å². The molecule has 18 heavy (non-hydrogen) atoms. The Morgan fingerprint density at radius 2 is 2.11 bits per heavy atom. The van der Waals surface area contributed by atoms with E-state index in [0.29, 0.717) is 11.3 Å². The zero-order valence-corrected chi connectivity index (χ0v) is 10.6. The van der Waals surface area contributed by atoms with E-state index >= 15 is 0 Å². The molecule has 0 aliphatic rings. The third kappa shape index (κ3) is 2.13. The first-order valence-corrected chi connectivity index (χ1v) is 5.80. The van der Waals surface area contributed by atoms with Crippen LogP contribution >= 0.6 is 0 Å². The average Bonchev–Trinajstić information content (AvgIpc) is 2.78. The lowest BCUT2D eigenvalue weighted by Gasteiger charge is -2.26. The van der Waals surface area contributed by atoms with Crippen molar-refractivity contribution in [1.82, 2.24) is 14.8 Å². The summed E-state index contributed by atoms with van der Waals surface area (Å²) < 4.78 is 14.9. The molecular weight excluding hydrogens is 233 g/mol. The first kappa shape index (κ1) is 12.7. The standard InChI is InChI=1S/C13H16FN3O/c1-9(2)17-12(4-5-16-17)13(3,18)10-6-11(14)8-15-7-10/h4-9,18H,1-3H3. The van der Waals surface area contributed by atoms with Gasteiger partial charge >= 0.3 is 0 Å². The summed E-state index contributed by atoms with van der Waals surface area (Å²) in [6, 6.07) is 3.12. The van der Waals surface area contributed by atoms with E-state index < -0.39 is 11.4 Å². The number of halogens is 1. The smallest absolute Gasteiger partial charge is 0.141 e. The van der Waals surface area contributed by atoms with Crippen LogP contribution in [0.4, 0.5) is 4.39 Å². The van der Waals surface area contributed by atoms with Gasteiger partial charge in [0.25, 0.3) is 0 Å². The topological polar surface area (TPSA) is 50.9 Å². The van der Waals surface area contributed by atoms with Gasteiger partial charge in [0.15, 0.2) is 0 Å². The van der Waals surface area contributed by atoms with E-state index in [1.54, 1.807) is 23.9 Å². The lowest BCUT2D eigenvalue weighted by atomic mass is 9.93. The van der Waals surface area contributed by atoms with E-state index in [-0.39, 0.29) is 6.04 Å². The van der Waals surface area contributed by atoms with Gasteiger partial charge in [-0.15, -0.1) is 0 Å². The van der Waals surface area contributed by atoms with Gasteiger partial charge in [-0.1, -0.05) is 0 Å². The monoisotopic (exact) mass is 249 g/mol. The van der Waals surface area contributed by atoms with E-state index in [1.165, 1.54) is 12.3 Å². The second-order valence-corrected chi connectivity index (χ2v) is 4.72. The molecule has 2 heterocycles. The second kappa shape index (κ2) is 4.49. The molecule has 2 rings (SSSR count). The van der Waals surface area contributed by atoms with Crippen LogP contribution in [0, 0.1) is 5.82 Å². The van der Waals surface area contributed by atoms with Gasteiger partial charge in [-0.05, 0) is 32.9 Å². The van der Waals surface area contributed by atoms with Crippen LogP contribution in [0.25, 0.3) is 0 Å². The Balaban J connectivity index is 2.50. The number of pyridine rings is 1. The predicted molar refractivity (Wildman–Crippen MR) is 65.5 cm³/mol. The van der Waals surface area contributed by atoms with Gasteiger partial charge in [-0.3, -0.25) is 9.67 Å². The van der Waals surface area contributed by atoms with Gasteiger partial charge in [0.2, 0.25) is 0 Å². The normalized spacial score (nSPS) is 14.8. The summed E-state index contributed by atoms with van der Waals surface area (Å²) in [4.78, 5) is 3.77. The van der Waals surface area contributed by atoms with Crippen molar-refractivity contribution >= 4 is 0 Å². The van der Waals surface area contributed by atoms with Crippen LogP contribution in [0.1, 0.15) is 38.1 Å². The molecule has 2 aromatic rings. The van der Waals surface area contributed by atoms with Crippen LogP contribution in [0.5, 0.6) is 0 Å². The molecule has 5 heteroatoms. The molecule has 1 atom stereocenters. The highest BCUT2D eigenvalue weighted by Gasteiger charge is 2.30. The predicted octanol–water partition coefficient (Wildman–Crippen LogP) is 2.25. The SMILES string of the molecule is CC(C)n1nccc1C(C)(O)c1cncc(F)c1. The Labute approximate surface area is 105 Å². The Morgan fingerprint density at radius 3 is 2.72 bits per heavy atom. The van der Waals surface area contributed by atoms with Crippen molar-refractivity contribution in [2.75, 3.05) is 0 Å². The summed E-state index contributed by atoms with van der Waals surface area (Å²) in [5.41, 5.74) is -0.301. The quantitative estimate of drug-likeness (QED) is 0.907. The minimum atomic E-state index is -1.32. The first-order valence-electron chi connectivity index (χ1n) is 5.80. The lowest BCUT2D eigenvalue weighted by Crippen LogP contribution is -2.28. The van der Waals surface area contributed by atoms with Gasteiger partial charge in [0.1, 0.15) is 11.4 Å². The van der Waals surface area contributed by atoms with Crippen molar-refractivity contribution in [2.45, 2.75) is 32.4 Å². The fourth-order valence-electron chi connectivity index (χ4n) is 1.94. The maximum Gasteiger partial charge on any atom is 0.141 e. The number of aliphatic hydroxyl groups is 1. The average molecular weight is 249 g/mol. The summed E-state index contributed by atoms with van der Waals surface area (Å²) in [6.45, 7) is 5.55. The first-order chi connectivity index (χ1) is 8.43. The van der Waals surface area contributed by atoms with Gasteiger partial charge in [-0.25, -0.2) is 4.39 Å². The van der Waals surface area contributed by atoms with Crippen molar-refractivity contribution < 1.29 is 9.50 Å². The molecule has 0 aromatic carbocycles. The third-order valence-electron chi connectivity index (χ3n) is 2.93. The summed E-state index contributed by atoms with van der Waals surface area (Å²) in [7, 11) is 0. The van der Waals surface area contributed by atoms with Gasteiger partial charge < -0.3 is 5.11 Å². The molecule has 0 spiro atoms. The molecule has 0 aliphatic carbocycles. The molecular formula is C13H16FN3O. The molecule has 0 aliphatic heterocycles. The Bertz CT molecular complexity index is 549. The Hall–Kier alpha value is -1.75. The summed E-state index contributed by atoms with van der Waals surface area (Å²) >= 11 is 0. The number of aromatic nitrogens is 3. The van der Waals surface area contributed by atoms with Crippen LogP contribution in [0.15, 0.2) is 30.7 Å².